The highest BCUT2D eigenvalue weighted by atomic mass is 16.2. The second kappa shape index (κ2) is 7.54. The van der Waals surface area contributed by atoms with Crippen LogP contribution in [0.4, 0.5) is 0 Å². The molecule has 0 radical (unpaired) electrons. The Labute approximate surface area is 168 Å². The predicted octanol–water partition coefficient (Wildman–Crippen LogP) is 3.80. The molecule has 0 aliphatic carbocycles. The molecule has 0 aliphatic rings. The van der Waals surface area contributed by atoms with Crippen molar-refractivity contribution in [3.05, 3.63) is 82.3 Å². The average molecular weight is 388 g/mol. The van der Waals surface area contributed by atoms with Crippen LogP contribution in [0.5, 0.6) is 0 Å². The number of benzene rings is 2. The van der Waals surface area contributed by atoms with Crippen molar-refractivity contribution in [2.24, 2.45) is 5.92 Å². The van der Waals surface area contributed by atoms with Crippen molar-refractivity contribution in [1.29, 1.82) is 0 Å². The summed E-state index contributed by atoms with van der Waals surface area (Å²) in [5.74, 6) is 0.0138. The zero-order valence-electron chi connectivity index (χ0n) is 16.8. The Morgan fingerprint density at radius 1 is 0.966 bits per heavy atom. The highest BCUT2D eigenvalue weighted by Crippen LogP contribution is 2.17. The third-order valence-corrected chi connectivity index (χ3v) is 5.00. The van der Waals surface area contributed by atoms with E-state index in [0.717, 1.165) is 16.6 Å². The van der Waals surface area contributed by atoms with Gasteiger partial charge in [-0.1, -0.05) is 56.3 Å². The van der Waals surface area contributed by atoms with Crippen molar-refractivity contribution < 1.29 is 4.79 Å². The van der Waals surface area contributed by atoms with Crippen LogP contribution >= 0.6 is 0 Å². The van der Waals surface area contributed by atoms with Crippen LogP contribution in [0, 0.1) is 5.92 Å². The third kappa shape index (κ3) is 3.53. The Bertz CT molecular complexity index is 1240. The van der Waals surface area contributed by atoms with E-state index >= 15 is 0 Å². The predicted molar refractivity (Wildman–Crippen MR) is 114 cm³/mol. The molecule has 2 heterocycles. The van der Waals surface area contributed by atoms with Gasteiger partial charge in [0.15, 0.2) is 5.69 Å². The number of carbonyl (C=O) groups excluding carboxylic acids is 1. The summed E-state index contributed by atoms with van der Waals surface area (Å²) >= 11 is 0. The quantitative estimate of drug-likeness (QED) is 0.565. The summed E-state index contributed by atoms with van der Waals surface area (Å²) in [6.07, 6.45) is 0. The standard InChI is InChI=1S/C23H24N4O2/c1-15(2)14-26-19-11-7-8-12-20(19)27-21(23(26)29)13-18(25-27)22(28)24-16(3)17-9-5-4-6-10-17/h4-13,15-16H,14H2,1-3H3,(H,24,28)/t16-/m1/s1. The number of nitrogens with zero attached hydrogens (tertiary/aromatic N) is 3. The summed E-state index contributed by atoms with van der Waals surface area (Å²) in [7, 11) is 0. The van der Waals surface area contributed by atoms with E-state index in [4.69, 9.17) is 0 Å². The van der Waals surface area contributed by atoms with Gasteiger partial charge in [-0.05, 0) is 30.5 Å². The number of nitrogens with one attached hydrogen (secondary N) is 1. The van der Waals surface area contributed by atoms with E-state index in [1.165, 1.54) is 0 Å². The van der Waals surface area contributed by atoms with Crippen molar-refractivity contribution in [3.63, 3.8) is 0 Å². The van der Waals surface area contributed by atoms with Gasteiger partial charge in [0.05, 0.1) is 17.1 Å². The Balaban J connectivity index is 1.78. The third-order valence-electron chi connectivity index (χ3n) is 5.00. The van der Waals surface area contributed by atoms with Gasteiger partial charge in [0.25, 0.3) is 11.5 Å². The lowest BCUT2D eigenvalue weighted by Gasteiger charge is -2.13. The van der Waals surface area contributed by atoms with Gasteiger partial charge in [-0.15, -0.1) is 0 Å². The van der Waals surface area contributed by atoms with Gasteiger partial charge in [0, 0.05) is 12.6 Å². The molecule has 1 N–H and O–H groups in total. The maximum atomic E-state index is 13.1. The fourth-order valence-corrected chi connectivity index (χ4v) is 3.59. The normalized spacial score (nSPS) is 12.6. The van der Waals surface area contributed by atoms with Crippen LogP contribution < -0.4 is 10.9 Å². The molecule has 29 heavy (non-hydrogen) atoms. The second-order valence-electron chi connectivity index (χ2n) is 7.73. The minimum Gasteiger partial charge on any atom is -0.344 e. The molecule has 4 rings (SSSR count). The molecule has 2 aromatic carbocycles. The highest BCUT2D eigenvalue weighted by Gasteiger charge is 2.19. The molecule has 2 aromatic heterocycles. The molecule has 0 saturated heterocycles. The molecule has 0 bridgehead atoms. The van der Waals surface area contributed by atoms with E-state index in [1.54, 1.807) is 15.1 Å². The number of para-hydroxylation sites is 2. The van der Waals surface area contributed by atoms with Crippen LogP contribution in [-0.2, 0) is 6.54 Å². The molecule has 1 amide bonds. The van der Waals surface area contributed by atoms with Gasteiger partial charge in [-0.25, -0.2) is 4.52 Å². The molecule has 0 saturated carbocycles. The van der Waals surface area contributed by atoms with E-state index in [-0.39, 0.29) is 23.2 Å². The highest BCUT2D eigenvalue weighted by molar-refractivity contribution is 5.94. The molecule has 0 unspecified atom stereocenters. The smallest absolute Gasteiger partial charge is 0.277 e. The van der Waals surface area contributed by atoms with E-state index in [2.05, 4.69) is 24.3 Å². The SMILES string of the molecule is CC(C)Cn1c(=O)c2cc(C(=O)N[C@H](C)c3ccccc3)nn2c2ccccc21. The number of hydrogen-bond acceptors (Lipinski definition) is 3. The first-order valence-electron chi connectivity index (χ1n) is 9.83. The van der Waals surface area contributed by atoms with Gasteiger partial charge in [0.1, 0.15) is 5.52 Å². The average Bonchev–Trinajstić information content (AvgIpc) is 3.17. The molecule has 0 fully saturated rings. The second-order valence-corrected chi connectivity index (χ2v) is 7.73. The molecule has 6 heteroatoms. The maximum absolute atomic E-state index is 13.1. The van der Waals surface area contributed by atoms with Crippen LogP contribution in [-0.4, -0.2) is 20.1 Å². The van der Waals surface area contributed by atoms with Gasteiger partial charge < -0.3 is 9.88 Å². The molecule has 4 aromatic rings. The summed E-state index contributed by atoms with van der Waals surface area (Å²) in [5, 5.41) is 7.42. The van der Waals surface area contributed by atoms with Crippen molar-refractivity contribution in [1.82, 2.24) is 19.5 Å². The summed E-state index contributed by atoms with van der Waals surface area (Å²) in [6, 6.07) is 18.8. The zero-order chi connectivity index (χ0) is 20.5. The first-order valence-corrected chi connectivity index (χ1v) is 9.83. The first-order chi connectivity index (χ1) is 14.0. The number of rotatable bonds is 5. The lowest BCUT2D eigenvalue weighted by Crippen LogP contribution is -2.27. The molecule has 0 aliphatic heterocycles. The van der Waals surface area contributed by atoms with Crippen molar-refractivity contribution in [2.75, 3.05) is 0 Å². The Kier molecular flexibility index (Phi) is 4.92. The minimum absolute atomic E-state index is 0.139. The summed E-state index contributed by atoms with van der Waals surface area (Å²) in [6.45, 7) is 6.68. The number of aromatic nitrogens is 3. The van der Waals surface area contributed by atoms with E-state index in [1.807, 2.05) is 61.5 Å². The molecular weight excluding hydrogens is 364 g/mol. The molecule has 148 valence electrons. The van der Waals surface area contributed by atoms with Gasteiger partial charge in [0.2, 0.25) is 0 Å². The minimum atomic E-state index is -0.302. The van der Waals surface area contributed by atoms with Crippen LogP contribution in [0.15, 0.2) is 65.5 Å². The van der Waals surface area contributed by atoms with Crippen LogP contribution in [0.3, 0.4) is 0 Å². The number of carbonyl (C=O) groups is 1. The monoisotopic (exact) mass is 388 g/mol. The topological polar surface area (TPSA) is 68.4 Å². The van der Waals surface area contributed by atoms with Crippen molar-refractivity contribution in [2.45, 2.75) is 33.4 Å². The molecule has 1 atom stereocenters. The number of hydrogen-bond donors (Lipinski definition) is 1. The lowest BCUT2D eigenvalue weighted by molar-refractivity contribution is 0.0934. The van der Waals surface area contributed by atoms with Gasteiger partial charge in [-0.2, -0.15) is 5.10 Å². The van der Waals surface area contributed by atoms with E-state index in [0.29, 0.717) is 18.0 Å². The fourth-order valence-electron chi connectivity index (χ4n) is 3.59. The Morgan fingerprint density at radius 3 is 2.31 bits per heavy atom. The first kappa shape index (κ1) is 18.9. The van der Waals surface area contributed by atoms with Gasteiger partial charge >= 0.3 is 0 Å². The Morgan fingerprint density at radius 2 is 1.62 bits per heavy atom. The number of amides is 1. The summed E-state index contributed by atoms with van der Waals surface area (Å²) in [5.41, 5.74) is 3.12. The van der Waals surface area contributed by atoms with Crippen LogP contribution in [0.2, 0.25) is 0 Å². The fraction of sp³-hybridized carbons (Fsp3) is 0.261. The van der Waals surface area contributed by atoms with Crippen molar-refractivity contribution in [3.8, 4) is 0 Å². The maximum Gasteiger partial charge on any atom is 0.277 e. The molecule has 6 nitrogen and oxygen atoms in total. The lowest BCUT2D eigenvalue weighted by atomic mass is 10.1. The largest absolute Gasteiger partial charge is 0.344 e. The van der Waals surface area contributed by atoms with Gasteiger partial charge in [-0.3, -0.25) is 9.59 Å². The summed E-state index contributed by atoms with van der Waals surface area (Å²) in [4.78, 5) is 25.9. The van der Waals surface area contributed by atoms with Crippen LogP contribution in [0.25, 0.3) is 16.6 Å². The van der Waals surface area contributed by atoms with E-state index in [9.17, 15) is 9.59 Å². The number of fused-ring (bicyclic) bond motifs is 3. The molecular formula is C23H24N4O2. The zero-order valence-corrected chi connectivity index (χ0v) is 16.8. The van der Waals surface area contributed by atoms with E-state index < -0.39 is 0 Å². The Hall–Kier alpha value is -3.41. The van der Waals surface area contributed by atoms with Crippen molar-refractivity contribution >= 4 is 22.5 Å². The molecule has 0 spiro atoms. The van der Waals surface area contributed by atoms with Crippen LogP contribution in [0.1, 0.15) is 42.9 Å². The summed E-state index contributed by atoms with van der Waals surface area (Å²) < 4.78 is 3.35.